The van der Waals surface area contributed by atoms with E-state index in [0.717, 1.165) is 4.47 Å². The Balaban J connectivity index is 3.43. The fraction of sp³-hybridized carbons (Fsp3) is 0. The van der Waals surface area contributed by atoms with Gasteiger partial charge in [-0.15, -0.1) is 0 Å². The van der Waals surface area contributed by atoms with Crippen molar-refractivity contribution in [2.24, 2.45) is 10.9 Å². The van der Waals surface area contributed by atoms with Crippen LogP contribution in [0, 0.1) is 0 Å². The second kappa shape index (κ2) is 4.43. The first-order valence-electron chi connectivity index (χ1n) is 3.17. The number of benzene rings is 1. The Kier molecular flexibility index (Phi) is 3.75. The Bertz CT molecular complexity index is 365. The maximum Gasteiger partial charge on any atom is 0.144 e. The SMILES string of the molecule is NN=Cc1c(Br)cc(Br)c(O)c1Br. The predicted octanol–water partition coefficient (Wildman–Crippen LogP) is 2.97. The summed E-state index contributed by atoms with van der Waals surface area (Å²) in [5, 5.41) is 12.9. The molecule has 0 radical (unpaired) electrons. The minimum absolute atomic E-state index is 0.123. The van der Waals surface area contributed by atoms with Gasteiger partial charge < -0.3 is 10.9 Å². The molecule has 0 aliphatic heterocycles. The van der Waals surface area contributed by atoms with Gasteiger partial charge in [0.1, 0.15) is 5.75 Å². The third kappa shape index (κ3) is 2.24. The van der Waals surface area contributed by atoms with Crippen LogP contribution in [-0.4, -0.2) is 11.3 Å². The summed E-state index contributed by atoms with van der Waals surface area (Å²) in [4.78, 5) is 0. The number of hydrogen-bond donors (Lipinski definition) is 2. The molecule has 0 amide bonds. The van der Waals surface area contributed by atoms with E-state index in [0.29, 0.717) is 14.5 Å². The molecule has 0 atom stereocenters. The highest BCUT2D eigenvalue weighted by molar-refractivity contribution is 9.11. The van der Waals surface area contributed by atoms with Crippen molar-refractivity contribution in [3.63, 3.8) is 0 Å². The second-order valence-electron chi connectivity index (χ2n) is 2.19. The van der Waals surface area contributed by atoms with E-state index in [4.69, 9.17) is 5.84 Å². The van der Waals surface area contributed by atoms with Gasteiger partial charge in [0.15, 0.2) is 0 Å². The molecule has 1 aromatic carbocycles. The highest BCUT2D eigenvalue weighted by Crippen LogP contribution is 2.38. The molecule has 0 aromatic heterocycles. The van der Waals surface area contributed by atoms with Gasteiger partial charge in [0.05, 0.1) is 15.2 Å². The molecule has 0 aliphatic carbocycles. The van der Waals surface area contributed by atoms with E-state index in [1.54, 1.807) is 6.07 Å². The number of phenolic OH excluding ortho intramolecular Hbond substituents is 1. The highest BCUT2D eigenvalue weighted by atomic mass is 79.9. The quantitative estimate of drug-likeness (QED) is 0.452. The monoisotopic (exact) mass is 370 g/mol. The van der Waals surface area contributed by atoms with Crippen LogP contribution in [0.2, 0.25) is 0 Å². The largest absolute Gasteiger partial charge is 0.506 e. The lowest BCUT2D eigenvalue weighted by molar-refractivity contribution is 0.468. The molecule has 3 N–H and O–H groups in total. The lowest BCUT2D eigenvalue weighted by Gasteiger charge is -2.05. The van der Waals surface area contributed by atoms with Crippen molar-refractivity contribution in [3.8, 4) is 5.75 Å². The molecule has 3 nitrogen and oxygen atoms in total. The first-order chi connectivity index (χ1) is 6.07. The van der Waals surface area contributed by atoms with Crippen LogP contribution in [0.25, 0.3) is 0 Å². The molecular weight excluding hydrogens is 368 g/mol. The summed E-state index contributed by atoms with van der Waals surface area (Å²) in [6.07, 6.45) is 1.44. The molecule has 0 heterocycles. The standard InChI is InChI=1S/C7H5Br3N2O/c8-4-1-5(9)7(13)6(10)3(4)2-12-11/h1-2,13H,11H2. The average molecular weight is 373 g/mol. The summed E-state index contributed by atoms with van der Waals surface area (Å²) in [7, 11) is 0. The molecule has 0 fully saturated rings. The Morgan fingerprint density at radius 2 is 1.92 bits per heavy atom. The fourth-order valence-corrected chi connectivity index (χ4v) is 3.11. The van der Waals surface area contributed by atoms with Crippen molar-refractivity contribution in [1.29, 1.82) is 0 Å². The third-order valence-corrected chi connectivity index (χ3v) is 3.45. The van der Waals surface area contributed by atoms with Crippen molar-refractivity contribution < 1.29 is 5.11 Å². The highest BCUT2D eigenvalue weighted by Gasteiger charge is 2.11. The van der Waals surface area contributed by atoms with Gasteiger partial charge in [-0.2, -0.15) is 5.10 Å². The Hall–Kier alpha value is -0.0700. The lowest BCUT2D eigenvalue weighted by atomic mass is 10.2. The van der Waals surface area contributed by atoms with E-state index in [1.165, 1.54) is 6.21 Å². The zero-order chi connectivity index (χ0) is 10.0. The molecule has 6 heteroatoms. The van der Waals surface area contributed by atoms with Crippen molar-refractivity contribution >= 4 is 54.0 Å². The van der Waals surface area contributed by atoms with Crippen LogP contribution in [0.3, 0.4) is 0 Å². The van der Waals surface area contributed by atoms with E-state index in [-0.39, 0.29) is 5.75 Å². The van der Waals surface area contributed by atoms with E-state index < -0.39 is 0 Å². The topological polar surface area (TPSA) is 58.6 Å². The van der Waals surface area contributed by atoms with Crippen LogP contribution in [0.5, 0.6) is 5.75 Å². The first kappa shape index (κ1) is 11.0. The van der Waals surface area contributed by atoms with Gasteiger partial charge in [-0.3, -0.25) is 0 Å². The molecule has 0 aliphatic rings. The van der Waals surface area contributed by atoms with Gasteiger partial charge in [-0.25, -0.2) is 0 Å². The average Bonchev–Trinajstić information content (AvgIpc) is 2.09. The smallest absolute Gasteiger partial charge is 0.144 e. The van der Waals surface area contributed by atoms with Gasteiger partial charge in [-0.1, -0.05) is 15.9 Å². The van der Waals surface area contributed by atoms with Crippen LogP contribution in [0.1, 0.15) is 5.56 Å². The van der Waals surface area contributed by atoms with E-state index in [9.17, 15) is 5.11 Å². The number of halogens is 3. The van der Waals surface area contributed by atoms with E-state index in [1.807, 2.05) is 0 Å². The minimum Gasteiger partial charge on any atom is -0.506 e. The van der Waals surface area contributed by atoms with Gasteiger partial charge in [0.2, 0.25) is 0 Å². The van der Waals surface area contributed by atoms with Crippen LogP contribution in [0.15, 0.2) is 24.6 Å². The Morgan fingerprint density at radius 1 is 1.31 bits per heavy atom. The number of hydrogen-bond acceptors (Lipinski definition) is 3. The number of phenols is 1. The number of nitrogens with zero attached hydrogens (tertiary/aromatic N) is 1. The maximum absolute atomic E-state index is 9.52. The number of rotatable bonds is 1. The van der Waals surface area contributed by atoms with Crippen LogP contribution < -0.4 is 5.84 Å². The maximum atomic E-state index is 9.52. The molecule has 0 unspecified atom stereocenters. The first-order valence-corrected chi connectivity index (χ1v) is 5.55. The summed E-state index contributed by atoms with van der Waals surface area (Å²) < 4.78 is 1.93. The second-order valence-corrected chi connectivity index (χ2v) is 4.70. The van der Waals surface area contributed by atoms with Crippen LogP contribution in [0.4, 0.5) is 0 Å². The van der Waals surface area contributed by atoms with Crippen molar-refractivity contribution in [3.05, 3.63) is 25.0 Å². The number of nitrogens with two attached hydrogens (primary N) is 1. The van der Waals surface area contributed by atoms with Gasteiger partial charge in [-0.05, 0) is 37.9 Å². The molecule has 0 saturated heterocycles. The Morgan fingerprint density at radius 3 is 2.46 bits per heavy atom. The molecule has 0 spiro atoms. The Labute approximate surface area is 100 Å². The third-order valence-electron chi connectivity index (χ3n) is 1.38. The van der Waals surface area contributed by atoms with Crippen molar-refractivity contribution in [1.82, 2.24) is 0 Å². The fourth-order valence-electron chi connectivity index (χ4n) is 0.787. The zero-order valence-corrected chi connectivity index (χ0v) is 11.0. The summed E-state index contributed by atoms with van der Waals surface area (Å²) in [5.41, 5.74) is 0.697. The lowest BCUT2D eigenvalue weighted by Crippen LogP contribution is -1.90. The normalized spacial score (nSPS) is 11.0. The van der Waals surface area contributed by atoms with Crippen molar-refractivity contribution in [2.75, 3.05) is 0 Å². The van der Waals surface area contributed by atoms with Crippen LogP contribution >= 0.6 is 47.8 Å². The summed E-state index contributed by atoms with van der Waals surface area (Å²) in [6.45, 7) is 0. The van der Waals surface area contributed by atoms with Crippen molar-refractivity contribution in [2.45, 2.75) is 0 Å². The van der Waals surface area contributed by atoms with Crippen LogP contribution in [-0.2, 0) is 0 Å². The molecular formula is C7H5Br3N2O. The van der Waals surface area contributed by atoms with Gasteiger partial charge >= 0.3 is 0 Å². The summed E-state index contributed by atoms with van der Waals surface area (Å²) >= 11 is 9.74. The molecule has 0 saturated carbocycles. The molecule has 70 valence electrons. The molecule has 1 rings (SSSR count). The number of hydrazone groups is 1. The van der Waals surface area contributed by atoms with Gasteiger partial charge in [0.25, 0.3) is 0 Å². The minimum atomic E-state index is 0.123. The molecule has 1 aromatic rings. The van der Waals surface area contributed by atoms with E-state index in [2.05, 4.69) is 52.9 Å². The number of aromatic hydroxyl groups is 1. The predicted molar refractivity (Wildman–Crippen MR) is 63.0 cm³/mol. The zero-order valence-electron chi connectivity index (χ0n) is 6.26. The van der Waals surface area contributed by atoms with E-state index >= 15 is 0 Å². The summed E-state index contributed by atoms with van der Waals surface area (Å²) in [5.74, 6) is 5.14. The van der Waals surface area contributed by atoms with Gasteiger partial charge in [0, 0.05) is 10.0 Å². The molecule has 13 heavy (non-hydrogen) atoms. The summed E-state index contributed by atoms with van der Waals surface area (Å²) in [6, 6.07) is 1.72. The molecule has 0 bridgehead atoms.